The molecule has 0 radical (unpaired) electrons. The Morgan fingerprint density at radius 2 is 2.27 bits per heavy atom. The molecule has 0 bridgehead atoms. The molecule has 6 heteroatoms. The maximum Gasteiger partial charge on any atom is 0.252 e. The van der Waals surface area contributed by atoms with Crippen molar-refractivity contribution in [1.29, 1.82) is 0 Å². The number of hydrogen-bond donors (Lipinski definition) is 2. The highest BCUT2D eigenvalue weighted by Gasteiger charge is 2.28. The van der Waals surface area contributed by atoms with Crippen molar-refractivity contribution in [2.24, 2.45) is 11.7 Å². The molecule has 3 N–H and O–H groups in total. The minimum absolute atomic E-state index is 0.0440. The Labute approximate surface area is 138 Å². The number of aromatic nitrogens is 1. The van der Waals surface area contributed by atoms with Gasteiger partial charge in [-0.05, 0) is 30.9 Å². The van der Waals surface area contributed by atoms with Crippen LogP contribution in [0.1, 0.15) is 28.9 Å². The van der Waals surface area contributed by atoms with E-state index in [-0.39, 0.29) is 11.9 Å². The lowest BCUT2D eigenvalue weighted by Crippen LogP contribution is -2.38. The number of thiazole rings is 1. The normalized spacial score (nSPS) is 15.5. The number of carbonyl (C=O) groups excluding carboxylic acids is 1. The zero-order valence-electron chi connectivity index (χ0n) is 12.2. The van der Waals surface area contributed by atoms with E-state index in [1.165, 1.54) is 12.8 Å². The summed E-state index contributed by atoms with van der Waals surface area (Å²) < 4.78 is 0. The zero-order valence-corrected chi connectivity index (χ0v) is 13.8. The van der Waals surface area contributed by atoms with Gasteiger partial charge in [0.05, 0.1) is 16.8 Å². The topological polar surface area (TPSA) is 68.0 Å². The van der Waals surface area contributed by atoms with E-state index in [2.05, 4.69) is 10.3 Å². The summed E-state index contributed by atoms with van der Waals surface area (Å²) in [6, 6.07) is 7.77. The SMILES string of the molecule is NC(CNC(=O)c1ccccc1SCc1cscn1)C1CC1. The second-order valence-corrected chi connectivity index (χ2v) is 7.21. The quantitative estimate of drug-likeness (QED) is 0.765. The summed E-state index contributed by atoms with van der Waals surface area (Å²) in [4.78, 5) is 17.6. The molecule has 1 heterocycles. The molecule has 4 nitrogen and oxygen atoms in total. The number of hydrogen-bond acceptors (Lipinski definition) is 5. The summed E-state index contributed by atoms with van der Waals surface area (Å²) in [6.07, 6.45) is 2.38. The van der Waals surface area contributed by atoms with Crippen molar-refractivity contribution in [3.8, 4) is 0 Å². The van der Waals surface area contributed by atoms with Crippen LogP contribution in [0.5, 0.6) is 0 Å². The van der Waals surface area contributed by atoms with E-state index in [9.17, 15) is 4.79 Å². The van der Waals surface area contributed by atoms with Gasteiger partial charge in [-0.2, -0.15) is 0 Å². The highest BCUT2D eigenvalue weighted by molar-refractivity contribution is 7.98. The molecular formula is C16H19N3OS2. The van der Waals surface area contributed by atoms with Crippen LogP contribution in [0, 0.1) is 5.92 Å². The third kappa shape index (κ3) is 4.09. The van der Waals surface area contributed by atoms with Crippen LogP contribution in [0.25, 0.3) is 0 Å². The van der Waals surface area contributed by atoms with Crippen molar-refractivity contribution in [3.05, 3.63) is 46.4 Å². The molecule has 1 saturated carbocycles. The molecule has 1 aromatic heterocycles. The molecule has 2 aromatic rings. The lowest BCUT2D eigenvalue weighted by molar-refractivity contribution is 0.0947. The first-order valence-electron chi connectivity index (χ1n) is 7.36. The maximum absolute atomic E-state index is 12.4. The number of carbonyl (C=O) groups is 1. The third-order valence-corrected chi connectivity index (χ3v) is 5.46. The molecule has 1 aromatic carbocycles. The van der Waals surface area contributed by atoms with Gasteiger partial charge >= 0.3 is 0 Å². The highest BCUT2D eigenvalue weighted by atomic mass is 32.2. The van der Waals surface area contributed by atoms with E-state index in [4.69, 9.17) is 5.73 Å². The van der Waals surface area contributed by atoms with Crippen molar-refractivity contribution < 1.29 is 4.79 Å². The molecule has 3 rings (SSSR count). The minimum atomic E-state index is -0.0440. The lowest BCUT2D eigenvalue weighted by atomic mass is 10.2. The summed E-state index contributed by atoms with van der Waals surface area (Å²) in [5.41, 5.74) is 9.62. The molecule has 0 spiro atoms. The van der Waals surface area contributed by atoms with Crippen molar-refractivity contribution in [2.75, 3.05) is 6.54 Å². The van der Waals surface area contributed by atoms with Gasteiger partial charge in [-0.3, -0.25) is 4.79 Å². The summed E-state index contributed by atoms with van der Waals surface area (Å²) in [6.45, 7) is 0.550. The molecule has 1 fully saturated rings. The third-order valence-electron chi connectivity index (χ3n) is 3.72. The first-order valence-corrected chi connectivity index (χ1v) is 9.29. The number of amides is 1. The molecule has 1 unspecified atom stereocenters. The van der Waals surface area contributed by atoms with Gasteiger partial charge in [0.2, 0.25) is 0 Å². The van der Waals surface area contributed by atoms with Gasteiger partial charge in [0, 0.05) is 28.6 Å². The average Bonchev–Trinajstić information content (AvgIpc) is 3.27. The molecule has 22 heavy (non-hydrogen) atoms. The predicted octanol–water partition coefficient (Wildman–Crippen LogP) is 2.90. The number of benzene rings is 1. The predicted molar refractivity (Wildman–Crippen MR) is 91.1 cm³/mol. The van der Waals surface area contributed by atoms with E-state index in [0.717, 1.165) is 16.3 Å². The Bertz CT molecular complexity index is 626. The van der Waals surface area contributed by atoms with Crippen LogP contribution in [0.15, 0.2) is 40.1 Å². The smallest absolute Gasteiger partial charge is 0.252 e. The monoisotopic (exact) mass is 333 g/mol. The number of nitrogens with two attached hydrogens (primary N) is 1. The zero-order chi connectivity index (χ0) is 15.4. The van der Waals surface area contributed by atoms with Gasteiger partial charge in [0.1, 0.15) is 0 Å². The van der Waals surface area contributed by atoms with Gasteiger partial charge in [0.25, 0.3) is 5.91 Å². The Morgan fingerprint density at radius 1 is 1.45 bits per heavy atom. The molecule has 1 aliphatic rings. The van der Waals surface area contributed by atoms with E-state index in [1.807, 2.05) is 35.2 Å². The maximum atomic E-state index is 12.4. The van der Waals surface area contributed by atoms with Crippen molar-refractivity contribution in [3.63, 3.8) is 0 Å². The fourth-order valence-corrected chi connectivity index (χ4v) is 3.85. The Morgan fingerprint density at radius 3 is 3.00 bits per heavy atom. The lowest BCUT2D eigenvalue weighted by Gasteiger charge is -2.13. The fraction of sp³-hybridized carbons (Fsp3) is 0.375. The standard InChI is InChI=1S/C16H19N3OS2/c17-14(11-5-6-11)7-18-16(20)13-3-1-2-4-15(13)22-9-12-8-21-10-19-12/h1-4,8,10-11,14H,5-7,9,17H2,(H,18,20). The van der Waals surface area contributed by atoms with Gasteiger partial charge < -0.3 is 11.1 Å². The molecule has 0 aliphatic heterocycles. The van der Waals surface area contributed by atoms with E-state index in [0.29, 0.717) is 18.0 Å². The Balaban J connectivity index is 1.60. The first-order chi connectivity index (χ1) is 10.7. The van der Waals surface area contributed by atoms with Gasteiger partial charge in [0.15, 0.2) is 0 Å². The second-order valence-electron chi connectivity index (χ2n) is 5.48. The molecule has 1 aliphatic carbocycles. The van der Waals surface area contributed by atoms with Gasteiger partial charge in [-0.1, -0.05) is 12.1 Å². The van der Waals surface area contributed by atoms with Crippen LogP contribution < -0.4 is 11.1 Å². The number of nitrogens with one attached hydrogen (secondary N) is 1. The molecule has 0 saturated heterocycles. The summed E-state index contributed by atoms with van der Waals surface area (Å²) in [5, 5.41) is 4.99. The summed E-state index contributed by atoms with van der Waals surface area (Å²) in [7, 11) is 0. The summed E-state index contributed by atoms with van der Waals surface area (Å²) in [5.74, 6) is 1.32. The largest absolute Gasteiger partial charge is 0.350 e. The van der Waals surface area contributed by atoms with Crippen molar-refractivity contribution >= 4 is 29.0 Å². The molecule has 116 valence electrons. The van der Waals surface area contributed by atoms with Crippen LogP contribution in [0.2, 0.25) is 0 Å². The van der Waals surface area contributed by atoms with Crippen LogP contribution in [0.4, 0.5) is 0 Å². The Hall–Kier alpha value is -1.37. The molecule has 1 atom stereocenters. The highest BCUT2D eigenvalue weighted by Crippen LogP contribution is 2.31. The fourth-order valence-electron chi connectivity index (χ4n) is 2.24. The second kappa shape index (κ2) is 7.26. The van der Waals surface area contributed by atoms with Crippen LogP contribution in [-0.4, -0.2) is 23.5 Å². The van der Waals surface area contributed by atoms with Crippen molar-refractivity contribution in [1.82, 2.24) is 10.3 Å². The number of nitrogens with zero attached hydrogens (tertiary/aromatic N) is 1. The minimum Gasteiger partial charge on any atom is -0.350 e. The van der Waals surface area contributed by atoms with Crippen LogP contribution in [0.3, 0.4) is 0 Å². The Kier molecular flexibility index (Phi) is 5.12. The summed E-state index contributed by atoms with van der Waals surface area (Å²) >= 11 is 3.23. The molecular weight excluding hydrogens is 314 g/mol. The van der Waals surface area contributed by atoms with Crippen molar-refractivity contribution in [2.45, 2.75) is 29.5 Å². The number of rotatable bonds is 7. The number of thioether (sulfide) groups is 1. The molecule has 1 amide bonds. The first kappa shape index (κ1) is 15.5. The van der Waals surface area contributed by atoms with E-state index in [1.54, 1.807) is 23.1 Å². The van der Waals surface area contributed by atoms with E-state index < -0.39 is 0 Å². The van der Waals surface area contributed by atoms with E-state index >= 15 is 0 Å². The van der Waals surface area contributed by atoms with Gasteiger partial charge in [-0.15, -0.1) is 23.1 Å². The van der Waals surface area contributed by atoms with Crippen LogP contribution >= 0.6 is 23.1 Å². The van der Waals surface area contributed by atoms with Gasteiger partial charge in [-0.25, -0.2) is 4.98 Å². The van der Waals surface area contributed by atoms with Crippen LogP contribution in [-0.2, 0) is 5.75 Å². The average molecular weight is 333 g/mol.